The van der Waals surface area contributed by atoms with Crippen molar-refractivity contribution in [2.75, 3.05) is 0 Å². The maximum absolute atomic E-state index is 13.4. The first-order valence-corrected chi connectivity index (χ1v) is 7.35. The van der Waals surface area contributed by atoms with E-state index in [1.54, 1.807) is 6.07 Å². The van der Waals surface area contributed by atoms with Crippen LogP contribution in [0.15, 0.2) is 47.4 Å². The molecule has 0 heterocycles. The Morgan fingerprint density at radius 2 is 1.86 bits per heavy atom. The average Bonchev–Trinajstić information content (AvgIpc) is 2.48. The number of benzene rings is 2. The van der Waals surface area contributed by atoms with Crippen molar-refractivity contribution in [2.24, 2.45) is 0 Å². The van der Waals surface area contributed by atoms with Crippen LogP contribution >= 0.6 is 0 Å². The van der Waals surface area contributed by atoms with Gasteiger partial charge in [0.2, 0.25) is 10.0 Å². The van der Waals surface area contributed by atoms with Crippen molar-refractivity contribution in [3.8, 4) is 6.07 Å². The van der Waals surface area contributed by atoms with Gasteiger partial charge in [0, 0.05) is 12.1 Å². The summed E-state index contributed by atoms with van der Waals surface area (Å²) in [6.07, 6.45) is 0. The number of halogens is 2. The molecule has 2 aromatic rings. The molecule has 1 N–H and O–H groups in total. The van der Waals surface area contributed by atoms with E-state index in [2.05, 4.69) is 4.72 Å². The molecule has 0 aromatic heterocycles. The number of rotatable bonds is 4. The van der Waals surface area contributed by atoms with E-state index < -0.39 is 28.2 Å². The molecule has 21 heavy (non-hydrogen) atoms. The topological polar surface area (TPSA) is 70.0 Å². The van der Waals surface area contributed by atoms with Crippen LogP contribution in [-0.2, 0) is 16.6 Å². The second-order valence-corrected chi connectivity index (χ2v) is 5.90. The van der Waals surface area contributed by atoms with E-state index in [-0.39, 0.29) is 16.0 Å². The van der Waals surface area contributed by atoms with E-state index in [1.807, 2.05) is 0 Å². The highest BCUT2D eigenvalue weighted by Gasteiger charge is 2.18. The third-order valence-electron chi connectivity index (χ3n) is 2.76. The van der Waals surface area contributed by atoms with Gasteiger partial charge in [-0.1, -0.05) is 12.1 Å². The number of sulfonamides is 1. The Bertz CT molecular complexity index is 814. The summed E-state index contributed by atoms with van der Waals surface area (Å²) in [7, 11) is -3.99. The molecule has 0 aliphatic rings. The molecule has 0 saturated heterocycles. The zero-order chi connectivity index (χ0) is 15.5. The summed E-state index contributed by atoms with van der Waals surface area (Å²) in [5.74, 6) is -1.38. The van der Waals surface area contributed by atoms with Crippen molar-refractivity contribution >= 4 is 10.0 Å². The lowest BCUT2D eigenvalue weighted by atomic mass is 10.2. The quantitative estimate of drug-likeness (QED) is 0.942. The Labute approximate surface area is 120 Å². The highest BCUT2D eigenvalue weighted by Crippen LogP contribution is 2.16. The van der Waals surface area contributed by atoms with Gasteiger partial charge in [0.15, 0.2) is 0 Å². The van der Waals surface area contributed by atoms with Gasteiger partial charge in [0.05, 0.1) is 10.5 Å². The summed E-state index contributed by atoms with van der Waals surface area (Å²) < 4.78 is 52.8. The minimum absolute atomic E-state index is 0.0234. The third-order valence-corrected chi connectivity index (χ3v) is 4.22. The molecule has 0 spiro atoms. The second-order valence-electron chi connectivity index (χ2n) is 4.17. The zero-order valence-electron chi connectivity index (χ0n) is 10.7. The first kappa shape index (κ1) is 15.1. The van der Waals surface area contributed by atoms with Crippen molar-refractivity contribution in [3.63, 3.8) is 0 Å². The SMILES string of the molecule is N#Cc1ccccc1S(=O)(=O)NCc1cc(F)ccc1F. The highest BCUT2D eigenvalue weighted by molar-refractivity contribution is 7.89. The lowest BCUT2D eigenvalue weighted by molar-refractivity contribution is 0.567. The van der Waals surface area contributed by atoms with Gasteiger partial charge in [-0.3, -0.25) is 0 Å². The van der Waals surface area contributed by atoms with Crippen LogP contribution in [0.5, 0.6) is 0 Å². The van der Waals surface area contributed by atoms with E-state index in [1.165, 1.54) is 24.3 Å². The minimum Gasteiger partial charge on any atom is -0.207 e. The maximum atomic E-state index is 13.4. The molecule has 0 unspecified atom stereocenters. The fourth-order valence-corrected chi connectivity index (χ4v) is 2.88. The summed E-state index contributed by atoms with van der Waals surface area (Å²) in [5.41, 5.74) is -0.141. The minimum atomic E-state index is -3.99. The predicted molar refractivity (Wildman–Crippen MR) is 71.5 cm³/mol. The van der Waals surface area contributed by atoms with Gasteiger partial charge in [-0.05, 0) is 30.3 Å². The first-order chi connectivity index (χ1) is 9.94. The summed E-state index contributed by atoms with van der Waals surface area (Å²) in [6.45, 7) is -0.411. The standard InChI is InChI=1S/C14H10F2N2O2S/c15-12-5-6-13(16)11(7-12)9-18-21(19,20)14-4-2-1-3-10(14)8-17/h1-7,18H,9H2. The van der Waals surface area contributed by atoms with Crippen LogP contribution in [0.2, 0.25) is 0 Å². The summed E-state index contributed by atoms with van der Waals surface area (Å²) in [5, 5.41) is 8.90. The lowest BCUT2D eigenvalue weighted by Gasteiger charge is -2.09. The Morgan fingerprint density at radius 3 is 2.57 bits per heavy atom. The second kappa shape index (κ2) is 5.99. The van der Waals surface area contributed by atoms with E-state index in [0.29, 0.717) is 0 Å². The van der Waals surface area contributed by atoms with Gasteiger partial charge >= 0.3 is 0 Å². The van der Waals surface area contributed by atoms with Gasteiger partial charge in [-0.2, -0.15) is 5.26 Å². The normalized spacial score (nSPS) is 11.1. The fourth-order valence-electron chi connectivity index (χ4n) is 1.72. The van der Waals surface area contributed by atoms with Crippen LogP contribution in [-0.4, -0.2) is 8.42 Å². The lowest BCUT2D eigenvalue weighted by Crippen LogP contribution is -2.24. The molecule has 0 aliphatic carbocycles. The van der Waals surface area contributed by atoms with Crippen LogP contribution < -0.4 is 4.72 Å². The van der Waals surface area contributed by atoms with Crippen LogP contribution in [0, 0.1) is 23.0 Å². The van der Waals surface area contributed by atoms with Gasteiger partial charge < -0.3 is 0 Å². The van der Waals surface area contributed by atoms with Crippen molar-refractivity contribution < 1.29 is 17.2 Å². The molecule has 2 aromatic carbocycles. The Morgan fingerprint density at radius 1 is 1.14 bits per heavy atom. The third kappa shape index (κ3) is 3.42. The number of nitrogens with one attached hydrogen (secondary N) is 1. The van der Waals surface area contributed by atoms with Crippen molar-refractivity contribution in [3.05, 3.63) is 65.2 Å². The maximum Gasteiger partial charge on any atom is 0.242 e. The largest absolute Gasteiger partial charge is 0.242 e. The average molecular weight is 308 g/mol. The van der Waals surface area contributed by atoms with Crippen molar-refractivity contribution in [1.29, 1.82) is 5.26 Å². The van der Waals surface area contributed by atoms with Gasteiger partial charge in [0.25, 0.3) is 0 Å². The molecule has 0 atom stereocenters. The van der Waals surface area contributed by atoms with Gasteiger partial charge in [0.1, 0.15) is 17.7 Å². The molecule has 0 saturated carbocycles. The highest BCUT2D eigenvalue weighted by atomic mass is 32.2. The predicted octanol–water partition coefficient (Wildman–Crippen LogP) is 2.31. The van der Waals surface area contributed by atoms with E-state index in [9.17, 15) is 17.2 Å². The van der Waals surface area contributed by atoms with Crippen LogP contribution in [0.1, 0.15) is 11.1 Å². The molecule has 0 bridgehead atoms. The number of hydrogen-bond donors (Lipinski definition) is 1. The van der Waals surface area contributed by atoms with E-state index in [0.717, 1.165) is 18.2 Å². The molecule has 0 fully saturated rings. The van der Waals surface area contributed by atoms with Gasteiger partial charge in [-0.15, -0.1) is 0 Å². The summed E-state index contributed by atoms with van der Waals surface area (Å²) in [6, 6.07) is 10.2. The van der Waals surface area contributed by atoms with Crippen molar-refractivity contribution in [2.45, 2.75) is 11.4 Å². The molecular formula is C14H10F2N2O2S. The Kier molecular flexibility index (Phi) is 4.31. The smallest absolute Gasteiger partial charge is 0.207 e. The Balaban J connectivity index is 2.27. The molecule has 4 nitrogen and oxygen atoms in total. The summed E-state index contributed by atoms with van der Waals surface area (Å²) >= 11 is 0. The van der Waals surface area contributed by atoms with E-state index >= 15 is 0 Å². The molecule has 108 valence electrons. The van der Waals surface area contributed by atoms with E-state index in [4.69, 9.17) is 5.26 Å². The Hall–Kier alpha value is -2.30. The molecule has 0 aliphatic heterocycles. The number of nitrogens with zero attached hydrogens (tertiary/aromatic N) is 1. The number of hydrogen-bond acceptors (Lipinski definition) is 3. The molecule has 0 radical (unpaired) electrons. The molecule has 2 rings (SSSR count). The van der Waals surface area contributed by atoms with Crippen molar-refractivity contribution in [1.82, 2.24) is 4.72 Å². The van der Waals surface area contributed by atoms with Crippen LogP contribution in [0.4, 0.5) is 8.78 Å². The molecule has 7 heteroatoms. The fraction of sp³-hybridized carbons (Fsp3) is 0.0714. The first-order valence-electron chi connectivity index (χ1n) is 5.87. The van der Waals surface area contributed by atoms with Crippen LogP contribution in [0.25, 0.3) is 0 Å². The number of nitriles is 1. The molecular weight excluding hydrogens is 298 g/mol. The zero-order valence-corrected chi connectivity index (χ0v) is 11.5. The summed E-state index contributed by atoms with van der Waals surface area (Å²) in [4.78, 5) is -0.204. The molecule has 0 amide bonds. The van der Waals surface area contributed by atoms with Crippen LogP contribution in [0.3, 0.4) is 0 Å². The monoisotopic (exact) mass is 308 g/mol. The van der Waals surface area contributed by atoms with Gasteiger partial charge in [-0.25, -0.2) is 21.9 Å².